The summed E-state index contributed by atoms with van der Waals surface area (Å²) in [5.74, 6) is 0.404. The van der Waals surface area contributed by atoms with Crippen LogP contribution in [0.1, 0.15) is 31.9 Å². The minimum atomic E-state index is -0.479. The van der Waals surface area contributed by atoms with E-state index in [2.05, 4.69) is 18.7 Å². The van der Waals surface area contributed by atoms with Crippen LogP contribution in [-0.2, 0) is 0 Å². The first-order chi connectivity index (χ1) is 8.95. The topological polar surface area (TPSA) is 29.3 Å². The number of halogens is 2. The van der Waals surface area contributed by atoms with Crippen molar-refractivity contribution in [3.63, 3.8) is 0 Å². The third-order valence-corrected chi connectivity index (χ3v) is 3.76. The number of hydrogen-bond donors (Lipinski definition) is 1. The van der Waals surface area contributed by atoms with Gasteiger partial charge in [0.2, 0.25) is 0 Å². The van der Waals surface area contributed by atoms with Crippen molar-refractivity contribution in [1.82, 2.24) is 4.90 Å². The van der Waals surface area contributed by atoms with Gasteiger partial charge >= 0.3 is 0 Å². The highest BCUT2D eigenvalue weighted by Crippen LogP contribution is 2.24. The van der Waals surface area contributed by atoms with Gasteiger partial charge in [0, 0.05) is 31.2 Å². The van der Waals surface area contributed by atoms with Gasteiger partial charge in [0.1, 0.15) is 11.6 Å². The molecule has 0 aliphatic carbocycles. The standard InChI is InChI=1S/C15H22F2N2/c1-10-5-11(2)8-19(7-10)9-15(18)13-6-12(16)3-4-14(13)17/h3-4,6,10-11,15H,5,7-9,18H2,1-2H3. The average Bonchev–Trinajstić information content (AvgIpc) is 2.30. The normalized spacial score (nSPS) is 26.4. The van der Waals surface area contributed by atoms with Crippen LogP contribution in [0.3, 0.4) is 0 Å². The molecular weight excluding hydrogens is 246 g/mol. The smallest absolute Gasteiger partial charge is 0.128 e. The molecule has 1 aliphatic rings. The van der Waals surface area contributed by atoms with E-state index in [1.807, 2.05) is 0 Å². The predicted octanol–water partition coefficient (Wildman–Crippen LogP) is 2.94. The second-order valence-corrected chi connectivity index (χ2v) is 5.94. The molecule has 1 aromatic carbocycles. The van der Waals surface area contributed by atoms with Gasteiger partial charge in [-0.25, -0.2) is 8.78 Å². The van der Waals surface area contributed by atoms with Crippen LogP contribution >= 0.6 is 0 Å². The van der Waals surface area contributed by atoms with Crippen LogP contribution in [0, 0.1) is 23.5 Å². The van der Waals surface area contributed by atoms with E-state index >= 15 is 0 Å². The van der Waals surface area contributed by atoms with Crippen molar-refractivity contribution in [2.75, 3.05) is 19.6 Å². The molecule has 1 aromatic rings. The lowest BCUT2D eigenvalue weighted by atomic mass is 9.91. The molecule has 0 spiro atoms. The molecule has 0 bridgehead atoms. The Morgan fingerprint density at radius 1 is 1.26 bits per heavy atom. The van der Waals surface area contributed by atoms with Crippen molar-refractivity contribution in [3.05, 3.63) is 35.4 Å². The molecule has 1 heterocycles. The molecule has 19 heavy (non-hydrogen) atoms. The van der Waals surface area contributed by atoms with Gasteiger partial charge in [0.15, 0.2) is 0 Å². The van der Waals surface area contributed by atoms with Gasteiger partial charge in [-0.1, -0.05) is 13.8 Å². The van der Waals surface area contributed by atoms with E-state index in [0.29, 0.717) is 18.4 Å². The Kier molecular flexibility index (Phi) is 4.53. The first-order valence-corrected chi connectivity index (χ1v) is 6.88. The van der Waals surface area contributed by atoms with Gasteiger partial charge in [-0.05, 0) is 36.5 Å². The highest BCUT2D eigenvalue weighted by Gasteiger charge is 2.24. The van der Waals surface area contributed by atoms with Crippen LogP contribution in [0.15, 0.2) is 18.2 Å². The molecule has 3 atom stereocenters. The van der Waals surface area contributed by atoms with Crippen LogP contribution < -0.4 is 5.73 Å². The summed E-state index contributed by atoms with van der Waals surface area (Å²) < 4.78 is 26.8. The summed E-state index contributed by atoms with van der Waals surface area (Å²) in [5.41, 5.74) is 6.31. The van der Waals surface area contributed by atoms with Crippen LogP contribution in [0.2, 0.25) is 0 Å². The van der Waals surface area contributed by atoms with Crippen LogP contribution in [0.4, 0.5) is 8.78 Å². The molecule has 0 amide bonds. The van der Waals surface area contributed by atoms with Gasteiger partial charge in [-0.2, -0.15) is 0 Å². The highest BCUT2D eigenvalue weighted by molar-refractivity contribution is 5.22. The summed E-state index contributed by atoms with van der Waals surface area (Å²) in [6.45, 7) is 6.98. The number of piperidine rings is 1. The molecule has 1 aliphatic heterocycles. The van der Waals surface area contributed by atoms with Gasteiger partial charge in [-0.3, -0.25) is 0 Å². The van der Waals surface area contributed by atoms with E-state index in [9.17, 15) is 8.78 Å². The molecule has 1 fully saturated rings. The van der Waals surface area contributed by atoms with Crippen LogP contribution in [-0.4, -0.2) is 24.5 Å². The molecule has 3 unspecified atom stereocenters. The number of nitrogens with two attached hydrogens (primary N) is 1. The first kappa shape index (κ1) is 14.4. The Bertz CT molecular complexity index is 426. The van der Waals surface area contributed by atoms with Crippen LogP contribution in [0.25, 0.3) is 0 Å². The van der Waals surface area contributed by atoms with E-state index in [-0.39, 0.29) is 5.56 Å². The van der Waals surface area contributed by atoms with Crippen molar-refractivity contribution in [1.29, 1.82) is 0 Å². The van der Waals surface area contributed by atoms with Gasteiger partial charge in [0.25, 0.3) is 0 Å². The van der Waals surface area contributed by atoms with Crippen molar-refractivity contribution in [2.45, 2.75) is 26.3 Å². The molecule has 4 heteroatoms. The molecule has 106 valence electrons. The molecule has 0 saturated carbocycles. The van der Waals surface area contributed by atoms with Crippen molar-refractivity contribution >= 4 is 0 Å². The maximum atomic E-state index is 13.7. The van der Waals surface area contributed by atoms with Crippen molar-refractivity contribution in [3.8, 4) is 0 Å². The largest absolute Gasteiger partial charge is 0.323 e. The molecule has 2 rings (SSSR count). The molecule has 0 aromatic heterocycles. The zero-order chi connectivity index (χ0) is 14.0. The Labute approximate surface area is 113 Å². The van der Waals surface area contributed by atoms with E-state index in [1.165, 1.54) is 12.5 Å². The summed E-state index contributed by atoms with van der Waals surface area (Å²) in [5, 5.41) is 0. The Balaban J connectivity index is 2.04. The highest BCUT2D eigenvalue weighted by atomic mass is 19.1. The predicted molar refractivity (Wildman–Crippen MR) is 72.7 cm³/mol. The average molecular weight is 268 g/mol. The second kappa shape index (κ2) is 5.97. The fraction of sp³-hybridized carbons (Fsp3) is 0.600. The monoisotopic (exact) mass is 268 g/mol. The van der Waals surface area contributed by atoms with E-state index < -0.39 is 17.7 Å². The van der Waals surface area contributed by atoms with E-state index in [4.69, 9.17) is 5.73 Å². The Morgan fingerprint density at radius 3 is 2.53 bits per heavy atom. The zero-order valence-corrected chi connectivity index (χ0v) is 11.6. The lowest BCUT2D eigenvalue weighted by Crippen LogP contribution is -2.42. The summed E-state index contributed by atoms with van der Waals surface area (Å²) in [6.07, 6.45) is 1.22. The fourth-order valence-corrected chi connectivity index (χ4v) is 3.12. The number of hydrogen-bond acceptors (Lipinski definition) is 2. The number of benzene rings is 1. The molecule has 1 saturated heterocycles. The molecular formula is C15H22F2N2. The lowest BCUT2D eigenvalue weighted by Gasteiger charge is -2.36. The summed E-state index contributed by atoms with van der Waals surface area (Å²) in [7, 11) is 0. The summed E-state index contributed by atoms with van der Waals surface area (Å²) in [6, 6.07) is 2.99. The summed E-state index contributed by atoms with van der Waals surface area (Å²) in [4.78, 5) is 2.26. The van der Waals surface area contributed by atoms with Gasteiger partial charge in [0.05, 0.1) is 0 Å². The fourth-order valence-electron chi connectivity index (χ4n) is 3.12. The number of rotatable bonds is 3. The first-order valence-electron chi connectivity index (χ1n) is 6.88. The van der Waals surface area contributed by atoms with Gasteiger partial charge < -0.3 is 10.6 Å². The second-order valence-electron chi connectivity index (χ2n) is 5.94. The third kappa shape index (κ3) is 3.74. The zero-order valence-electron chi connectivity index (χ0n) is 11.6. The summed E-state index contributed by atoms with van der Waals surface area (Å²) >= 11 is 0. The Morgan fingerprint density at radius 2 is 1.89 bits per heavy atom. The quantitative estimate of drug-likeness (QED) is 0.913. The minimum Gasteiger partial charge on any atom is -0.323 e. The minimum absolute atomic E-state index is 0.269. The van der Waals surface area contributed by atoms with Gasteiger partial charge in [-0.15, -0.1) is 0 Å². The van der Waals surface area contributed by atoms with Crippen molar-refractivity contribution < 1.29 is 8.78 Å². The maximum absolute atomic E-state index is 13.7. The maximum Gasteiger partial charge on any atom is 0.128 e. The number of nitrogens with zero attached hydrogens (tertiary/aromatic N) is 1. The molecule has 2 N–H and O–H groups in total. The van der Waals surface area contributed by atoms with Crippen LogP contribution in [0.5, 0.6) is 0 Å². The number of likely N-dealkylation sites (tertiary alicyclic amines) is 1. The van der Waals surface area contributed by atoms with E-state index in [1.54, 1.807) is 0 Å². The molecule has 2 nitrogen and oxygen atoms in total. The Hall–Kier alpha value is -1.00. The van der Waals surface area contributed by atoms with E-state index in [0.717, 1.165) is 25.2 Å². The van der Waals surface area contributed by atoms with Crippen molar-refractivity contribution in [2.24, 2.45) is 17.6 Å². The lowest BCUT2D eigenvalue weighted by molar-refractivity contribution is 0.133. The third-order valence-electron chi connectivity index (χ3n) is 3.76. The molecule has 0 radical (unpaired) electrons. The SMILES string of the molecule is CC1CC(C)CN(CC(N)c2cc(F)ccc2F)C1.